The minimum atomic E-state index is -3.40. The molecule has 4 nitrogen and oxygen atoms in total. The van der Waals surface area contributed by atoms with Crippen LogP contribution in [0.1, 0.15) is 34.6 Å². The molecule has 0 spiro atoms. The van der Waals surface area contributed by atoms with E-state index < -0.39 is 14.7 Å². The predicted molar refractivity (Wildman–Crippen MR) is 76.4 cm³/mol. The van der Waals surface area contributed by atoms with E-state index in [2.05, 4.69) is 27.7 Å². The standard InChI is InChI=1S/C11H28O4P2/c1-7-14-16(12,13-6)15-17(8-2,9-3,10-4)11-5/h7-11H2,1-6H3. The monoisotopic (exact) mass is 286 g/mol. The first-order valence-corrected chi connectivity index (χ1v) is 10.8. The molecule has 0 aliphatic rings. The van der Waals surface area contributed by atoms with Crippen molar-refractivity contribution in [3.8, 4) is 0 Å². The van der Waals surface area contributed by atoms with E-state index in [-0.39, 0.29) is 0 Å². The van der Waals surface area contributed by atoms with Crippen LogP contribution in [0.3, 0.4) is 0 Å². The molecule has 0 heterocycles. The number of phosphoric ester groups is 1. The van der Waals surface area contributed by atoms with E-state index >= 15 is 0 Å². The number of phosphoric acid groups is 1. The number of hydrogen-bond acceptors (Lipinski definition) is 4. The summed E-state index contributed by atoms with van der Waals surface area (Å²) in [6.07, 6.45) is 3.65. The second-order valence-corrected chi connectivity index (χ2v) is 12.7. The molecule has 0 aromatic rings. The Bertz CT molecular complexity index is 253. The van der Waals surface area contributed by atoms with Crippen LogP contribution in [0.25, 0.3) is 0 Å². The Labute approximate surface area is 106 Å². The van der Waals surface area contributed by atoms with Crippen LogP contribution in [-0.2, 0) is 17.9 Å². The van der Waals surface area contributed by atoms with Crippen LogP contribution in [0.5, 0.6) is 0 Å². The summed E-state index contributed by atoms with van der Waals surface area (Å²) in [6.45, 7) is 8.14. The Balaban J connectivity index is 5.30. The summed E-state index contributed by atoms with van der Waals surface area (Å²) in [5, 5.41) is 0. The Morgan fingerprint density at radius 1 is 0.941 bits per heavy atom. The van der Waals surface area contributed by atoms with Crippen molar-refractivity contribution in [1.29, 1.82) is 0 Å². The van der Waals surface area contributed by atoms with E-state index in [9.17, 15) is 4.57 Å². The predicted octanol–water partition coefficient (Wildman–Crippen LogP) is 4.34. The van der Waals surface area contributed by atoms with Gasteiger partial charge in [-0.3, -0.25) is 0 Å². The molecule has 106 valence electrons. The zero-order valence-electron chi connectivity index (χ0n) is 12.1. The van der Waals surface area contributed by atoms with Crippen LogP contribution in [-0.4, -0.2) is 38.4 Å². The van der Waals surface area contributed by atoms with E-state index in [1.807, 2.05) is 0 Å². The van der Waals surface area contributed by atoms with Crippen molar-refractivity contribution in [1.82, 2.24) is 0 Å². The maximum atomic E-state index is 12.4. The van der Waals surface area contributed by atoms with Crippen LogP contribution in [0, 0.1) is 0 Å². The van der Waals surface area contributed by atoms with Gasteiger partial charge in [0.05, 0.1) is 0 Å². The van der Waals surface area contributed by atoms with Gasteiger partial charge in [-0.1, -0.05) is 0 Å². The van der Waals surface area contributed by atoms with Crippen LogP contribution in [0.4, 0.5) is 0 Å². The summed E-state index contributed by atoms with van der Waals surface area (Å²) < 4.78 is 28.7. The summed E-state index contributed by atoms with van der Waals surface area (Å²) in [5.41, 5.74) is 0. The molecular weight excluding hydrogens is 258 g/mol. The van der Waals surface area contributed by atoms with Crippen molar-refractivity contribution in [2.45, 2.75) is 34.6 Å². The van der Waals surface area contributed by atoms with Crippen molar-refractivity contribution in [3.63, 3.8) is 0 Å². The molecule has 0 amide bonds. The third-order valence-corrected chi connectivity index (χ3v) is 14.1. The second kappa shape index (κ2) is 6.63. The summed E-state index contributed by atoms with van der Waals surface area (Å²) in [7, 11) is -2.01. The van der Waals surface area contributed by atoms with Gasteiger partial charge in [0.25, 0.3) is 0 Å². The van der Waals surface area contributed by atoms with Gasteiger partial charge in [0.15, 0.2) is 0 Å². The molecule has 0 bridgehead atoms. The average molecular weight is 286 g/mol. The Kier molecular flexibility index (Phi) is 6.84. The second-order valence-electron chi connectivity index (χ2n) is 4.25. The summed E-state index contributed by atoms with van der Waals surface area (Å²) in [5.74, 6) is 0. The quantitative estimate of drug-likeness (QED) is 0.591. The van der Waals surface area contributed by atoms with E-state index in [0.29, 0.717) is 6.61 Å². The van der Waals surface area contributed by atoms with Gasteiger partial charge in [-0.2, -0.15) is 0 Å². The summed E-state index contributed by atoms with van der Waals surface area (Å²) in [6, 6.07) is 0. The van der Waals surface area contributed by atoms with Gasteiger partial charge in [0.1, 0.15) is 0 Å². The van der Waals surface area contributed by atoms with Gasteiger partial charge in [-0.05, 0) is 0 Å². The summed E-state index contributed by atoms with van der Waals surface area (Å²) in [4.78, 5) is 0. The van der Waals surface area contributed by atoms with E-state index in [1.54, 1.807) is 6.92 Å². The van der Waals surface area contributed by atoms with Crippen molar-refractivity contribution >= 4 is 14.7 Å². The van der Waals surface area contributed by atoms with Gasteiger partial charge in [0, 0.05) is 0 Å². The molecule has 1 unspecified atom stereocenters. The number of rotatable bonds is 9. The zero-order valence-corrected chi connectivity index (χ0v) is 13.9. The fourth-order valence-corrected chi connectivity index (χ4v) is 9.79. The molecule has 0 N–H and O–H groups in total. The molecule has 6 heteroatoms. The van der Waals surface area contributed by atoms with Gasteiger partial charge >= 0.3 is 106 Å². The third-order valence-electron chi connectivity index (χ3n) is 4.04. The van der Waals surface area contributed by atoms with Gasteiger partial charge in [-0.25, -0.2) is 0 Å². The number of hydrogen-bond donors (Lipinski definition) is 0. The average Bonchev–Trinajstić information content (AvgIpc) is 2.37. The van der Waals surface area contributed by atoms with Crippen LogP contribution < -0.4 is 0 Å². The van der Waals surface area contributed by atoms with Gasteiger partial charge < -0.3 is 0 Å². The normalized spacial score (nSPS) is 18.4. The fourth-order valence-electron chi connectivity index (χ4n) is 2.12. The first kappa shape index (κ1) is 17.5. The van der Waals surface area contributed by atoms with Crippen molar-refractivity contribution in [2.24, 2.45) is 0 Å². The first-order valence-electron chi connectivity index (χ1n) is 6.41. The molecule has 0 aromatic carbocycles. The molecule has 0 rings (SSSR count). The molecule has 0 aromatic heterocycles. The molecule has 0 aliphatic heterocycles. The van der Waals surface area contributed by atoms with Gasteiger partial charge in [0.2, 0.25) is 0 Å². The van der Waals surface area contributed by atoms with Crippen molar-refractivity contribution in [2.75, 3.05) is 38.4 Å². The van der Waals surface area contributed by atoms with Crippen LogP contribution in [0.15, 0.2) is 0 Å². The van der Waals surface area contributed by atoms with Gasteiger partial charge in [-0.15, -0.1) is 0 Å². The third kappa shape index (κ3) is 3.75. The Hall–Kier alpha value is 0.540. The SMILES string of the molecule is CCOP(=O)(OC)OP(CC)(CC)(CC)CC. The first-order chi connectivity index (χ1) is 7.88. The molecule has 17 heavy (non-hydrogen) atoms. The molecule has 0 aliphatic carbocycles. The molecular formula is C11H28O4P2. The van der Waals surface area contributed by atoms with Crippen LogP contribution in [0.2, 0.25) is 0 Å². The van der Waals surface area contributed by atoms with E-state index in [4.69, 9.17) is 13.4 Å². The minimum absolute atomic E-state index is 0.332. The Morgan fingerprint density at radius 2 is 1.35 bits per heavy atom. The topological polar surface area (TPSA) is 44.8 Å². The maximum absolute atomic E-state index is 12.4. The Morgan fingerprint density at radius 3 is 1.59 bits per heavy atom. The molecule has 1 atom stereocenters. The molecule has 0 saturated heterocycles. The van der Waals surface area contributed by atoms with Crippen molar-refractivity contribution in [3.05, 3.63) is 0 Å². The van der Waals surface area contributed by atoms with E-state index in [0.717, 1.165) is 24.6 Å². The van der Waals surface area contributed by atoms with Crippen LogP contribution >= 0.6 is 14.7 Å². The fraction of sp³-hybridized carbons (Fsp3) is 1.00. The molecule has 0 saturated carbocycles. The molecule has 0 fully saturated rings. The summed E-state index contributed by atoms with van der Waals surface area (Å²) >= 11 is 0. The molecule has 0 radical (unpaired) electrons. The van der Waals surface area contributed by atoms with Crippen molar-refractivity contribution < 1.29 is 17.9 Å². The zero-order chi connectivity index (χ0) is 13.6. The van der Waals surface area contributed by atoms with E-state index in [1.165, 1.54) is 7.11 Å².